The number of amides is 4. The second kappa shape index (κ2) is 8.57. The molecule has 11 nitrogen and oxygen atoms in total. The number of para-hydroxylation sites is 2. The van der Waals surface area contributed by atoms with Gasteiger partial charge in [0, 0.05) is 62.3 Å². The minimum atomic E-state index is -1.59. The zero-order chi connectivity index (χ0) is 31.1. The van der Waals surface area contributed by atoms with E-state index in [9.17, 15) is 24.0 Å². The Labute approximate surface area is 262 Å². The average Bonchev–Trinajstić information content (AvgIpc) is 3.74. The summed E-state index contributed by atoms with van der Waals surface area (Å²) in [5.41, 5.74) is 1.49. The van der Waals surface area contributed by atoms with Gasteiger partial charge in [0.2, 0.25) is 10.8 Å². The molecule has 1 N–H and O–H groups in total. The molecule has 0 radical (unpaired) electrons. The van der Waals surface area contributed by atoms with Crippen LogP contribution in [0.25, 0.3) is 10.9 Å². The molecule has 8 rings (SSSR count). The smallest absolute Gasteiger partial charge is 0.270 e. The number of thioether (sulfide) groups is 1. The van der Waals surface area contributed by atoms with Gasteiger partial charge in [-0.25, -0.2) is 0 Å². The van der Waals surface area contributed by atoms with Crippen LogP contribution in [0.4, 0.5) is 5.69 Å². The summed E-state index contributed by atoms with van der Waals surface area (Å²) in [7, 11) is 4.66. The number of aromatic nitrogens is 1. The third kappa shape index (κ3) is 2.89. The fourth-order valence-corrected chi connectivity index (χ4v) is 10.3. The van der Waals surface area contributed by atoms with Crippen LogP contribution in [0.3, 0.4) is 0 Å². The van der Waals surface area contributed by atoms with E-state index in [0.29, 0.717) is 0 Å². The highest BCUT2D eigenvalue weighted by Crippen LogP contribution is 2.69. The van der Waals surface area contributed by atoms with Crippen LogP contribution in [0.2, 0.25) is 0 Å². The molecule has 5 aliphatic rings. The van der Waals surface area contributed by atoms with Crippen molar-refractivity contribution < 1.29 is 24.0 Å². The Hall–Kier alpha value is -4.03. The Balaban J connectivity index is 1.33. The van der Waals surface area contributed by atoms with Crippen LogP contribution in [-0.2, 0) is 35.9 Å². The first kappa shape index (κ1) is 27.5. The third-order valence-corrected chi connectivity index (χ3v) is 12.7. The van der Waals surface area contributed by atoms with Crippen molar-refractivity contribution in [2.75, 3.05) is 26.5 Å². The Bertz CT molecular complexity index is 1880. The van der Waals surface area contributed by atoms with E-state index in [1.54, 1.807) is 11.9 Å². The number of fused-ring (bicyclic) bond motifs is 6. The van der Waals surface area contributed by atoms with Crippen molar-refractivity contribution in [1.29, 1.82) is 0 Å². The van der Waals surface area contributed by atoms with E-state index in [1.165, 1.54) is 35.7 Å². The van der Waals surface area contributed by atoms with Crippen LogP contribution < -0.4 is 5.32 Å². The molecule has 6 heterocycles. The van der Waals surface area contributed by atoms with Crippen molar-refractivity contribution in [3.63, 3.8) is 0 Å². The minimum Gasteiger partial charge on any atom is -0.363 e. The van der Waals surface area contributed by atoms with Crippen LogP contribution in [0.5, 0.6) is 0 Å². The van der Waals surface area contributed by atoms with Gasteiger partial charge in [0.25, 0.3) is 17.7 Å². The number of anilines is 1. The molecule has 6 atom stereocenters. The number of carbonyl (C=O) groups is 5. The van der Waals surface area contributed by atoms with Crippen molar-refractivity contribution in [1.82, 2.24) is 24.2 Å². The van der Waals surface area contributed by atoms with Gasteiger partial charge >= 0.3 is 0 Å². The van der Waals surface area contributed by atoms with Crippen molar-refractivity contribution >= 4 is 69.4 Å². The monoisotopic (exact) mass is 632 g/mol. The number of halogens is 1. The number of hydrogen-bond donors (Lipinski definition) is 1. The predicted octanol–water partition coefficient (Wildman–Crippen LogP) is 1.98. The maximum absolute atomic E-state index is 14.3. The summed E-state index contributed by atoms with van der Waals surface area (Å²) < 4.78 is 2.13. The molecule has 1 spiro atoms. The van der Waals surface area contributed by atoms with Gasteiger partial charge in [0.05, 0.1) is 0 Å². The van der Waals surface area contributed by atoms with Crippen LogP contribution in [0.1, 0.15) is 24.5 Å². The number of hydrogen-bond acceptors (Lipinski definition) is 7. The Morgan fingerprint density at radius 3 is 2.43 bits per heavy atom. The molecule has 4 fully saturated rings. The van der Waals surface area contributed by atoms with E-state index in [1.807, 2.05) is 54.7 Å². The lowest BCUT2D eigenvalue weighted by atomic mass is 9.86. The van der Waals surface area contributed by atoms with Gasteiger partial charge in [-0.3, -0.25) is 28.9 Å². The number of nitrogens with one attached hydrogen (secondary N) is 1. The van der Waals surface area contributed by atoms with Gasteiger partial charge < -0.3 is 24.6 Å². The number of Topliss-reactive ketones (excluding diaryl/α,β-unsaturated/α-hetero) is 1. The van der Waals surface area contributed by atoms with Crippen molar-refractivity contribution in [2.45, 2.75) is 52.8 Å². The summed E-state index contributed by atoms with van der Waals surface area (Å²) in [5.74, 6) is -1.64. The van der Waals surface area contributed by atoms with E-state index in [2.05, 4.69) is 9.88 Å². The zero-order valence-electron chi connectivity index (χ0n) is 24.4. The number of piperazine rings is 2. The van der Waals surface area contributed by atoms with Crippen LogP contribution in [0, 0.1) is 0 Å². The largest absolute Gasteiger partial charge is 0.363 e. The molecule has 4 saturated heterocycles. The summed E-state index contributed by atoms with van der Waals surface area (Å²) in [6.45, 7) is 1.36. The number of alkyl halides is 1. The highest BCUT2D eigenvalue weighted by atomic mass is 35.5. The first-order valence-corrected chi connectivity index (χ1v) is 15.6. The maximum atomic E-state index is 14.3. The minimum absolute atomic E-state index is 0.235. The van der Waals surface area contributed by atoms with E-state index in [4.69, 9.17) is 11.6 Å². The van der Waals surface area contributed by atoms with E-state index in [-0.39, 0.29) is 36.3 Å². The lowest BCUT2D eigenvalue weighted by Crippen LogP contribution is -2.66. The molecule has 2 bridgehead atoms. The zero-order valence-corrected chi connectivity index (χ0v) is 26.0. The number of rotatable bonds is 4. The molecule has 13 heteroatoms. The van der Waals surface area contributed by atoms with E-state index < -0.39 is 38.9 Å². The van der Waals surface area contributed by atoms with E-state index >= 15 is 0 Å². The van der Waals surface area contributed by atoms with Crippen LogP contribution >= 0.6 is 23.4 Å². The standard InChI is InChI=1S/C31H29ClN6O5S/c1-16(39)31-28(43)38-26-29(19-10-6-7-11-20(19)33-26,15-30(38,44-31)27(42)36(31)4)37-14-17(18-9-5-8-12-21(18)37)13-22-24(40)35(3)23(32)25(41)34(22)2/h5-12,14,22-23,26,33H,13,15H2,1-4H3/t22-,23+,26-,29+,30+,31+/m1/s1. The third-order valence-electron chi connectivity index (χ3n) is 10.3. The number of carbonyl (C=O) groups excluding carboxylic acids is 5. The van der Waals surface area contributed by atoms with E-state index in [0.717, 1.165) is 39.5 Å². The maximum Gasteiger partial charge on any atom is 0.270 e. The summed E-state index contributed by atoms with van der Waals surface area (Å²) in [6, 6.07) is 14.9. The van der Waals surface area contributed by atoms with Crippen molar-refractivity contribution in [3.8, 4) is 0 Å². The molecular formula is C31H29ClN6O5S. The first-order valence-electron chi connectivity index (χ1n) is 14.4. The molecule has 1 aromatic heterocycles. The lowest BCUT2D eigenvalue weighted by Gasteiger charge is -2.40. The van der Waals surface area contributed by atoms with Gasteiger partial charge in [0.15, 0.2) is 16.2 Å². The molecule has 0 saturated carbocycles. The molecule has 44 heavy (non-hydrogen) atoms. The summed E-state index contributed by atoms with van der Waals surface area (Å²) in [6.07, 6.45) is 1.82. The summed E-state index contributed by atoms with van der Waals surface area (Å²) >= 11 is 7.36. The quantitative estimate of drug-likeness (QED) is 0.266. The number of likely N-dealkylation sites (N-methyl/N-ethyl adjacent to an activating group) is 3. The number of benzene rings is 2. The fraction of sp³-hybridized carbons (Fsp3) is 0.387. The summed E-state index contributed by atoms with van der Waals surface area (Å²) in [4.78, 5) is 70.3. The molecule has 2 aromatic carbocycles. The first-order chi connectivity index (χ1) is 20.9. The average molecular weight is 633 g/mol. The van der Waals surface area contributed by atoms with Crippen molar-refractivity contribution in [3.05, 3.63) is 65.9 Å². The van der Waals surface area contributed by atoms with Crippen LogP contribution in [0.15, 0.2) is 54.7 Å². The Morgan fingerprint density at radius 2 is 1.68 bits per heavy atom. The number of nitrogens with zero attached hydrogens (tertiary/aromatic N) is 5. The Kier molecular flexibility index (Phi) is 5.36. The molecule has 3 aromatic rings. The fourth-order valence-electron chi connectivity index (χ4n) is 8.17. The van der Waals surface area contributed by atoms with Gasteiger partial charge in [-0.1, -0.05) is 59.8 Å². The molecule has 0 aliphatic carbocycles. The summed E-state index contributed by atoms with van der Waals surface area (Å²) in [5, 5.41) is 4.45. The molecule has 4 amide bonds. The highest BCUT2D eigenvalue weighted by Gasteiger charge is 2.83. The second-order valence-corrected chi connectivity index (χ2v) is 14.2. The second-order valence-electron chi connectivity index (χ2n) is 12.3. The normalized spacial score (nSPS) is 33.8. The predicted molar refractivity (Wildman–Crippen MR) is 164 cm³/mol. The van der Waals surface area contributed by atoms with Crippen LogP contribution in [-0.4, -0.2) is 102 Å². The van der Waals surface area contributed by atoms with Gasteiger partial charge in [-0.05, 0) is 24.6 Å². The molecule has 0 unspecified atom stereocenters. The van der Waals surface area contributed by atoms with Gasteiger partial charge in [-0.2, -0.15) is 0 Å². The van der Waals surface area contributed by atoms with Crippen molar-refractivity contribution in [2.24, 2.45) is 0 Å². The molecular weight excluding hydrogens is 604 g/mol. The number of ketones is 1. The molecule has 5 aliphatic heterocycles. The Morgan fingerprint density at radius 1 is 0.977 bits per heavy atom. The molecule has 226 valence electrons. The van der Waals surface area contributed by atoms with Gasteiger partial charge in [-0.15, -0.1) is 0 Å². The van der Waals surface area contributed by atoms with Gasteiger partial charge in [0.1, 0.15) is 17.7 Å². The lowest BCUT2D eigenvalue weighted by molar-refractivity contribution is -0.162. The SMILES string of the molecule is CC(=O)[C@]12S[C@@]3(C[C@]4(n5cc(C[C@@H]6C(=O)N(C)[C@H](Cl)C(=O)N6C)c6ccccc65)c5ccccc5N[C@@H]4N3C1=O)C(=O)N2C. The topological polar surface area (TPSA) is 115 Å². The highest BCUT2D eigenvalue weighted by molar-refractivity contribution is 8.05.